The van der Waals surface area contributed by atoms with Crippen LogP contribution in [0.1, 0.15) is 31.4 Å². The van der Waals surface area contributed by atoms with E-state index in [4.69, 9.17) is 11.6 Å². The van der Waals surface area contributed by atoms with Gasteiger partial charge in [0.05, 0.1) is 5.69 Å². The van der Waals surface area contributed by atoms with Crippen LogP contribution in [0.5, 0.6) is 0 Å². The molecule has 2 aromatic rings. The second-order valence-corrected chi connectivity index (χ2v) is 5.38. The van der Waals surface area contributed by atoms with E-state index in [0.29, 0.717) is 23.0 Å². The Bertz CT molecular complexity index is 563. The van der Waals surface area contributed by atoms with Crippen LogP contribution in [0.4, 0.5) is 0 Å². The molecule has 3 rings (SSSR count). The Morgan fingerprint density at radius 3 is 3.06 bits per heavy atom. The van der Waals surface area contributed by atoms with Crippen molar-refractivity contribution in [3.05, 3.63) is 35.2 Å². The van der Waals surface area contributed by atoms with Crippen LogP contribution in [-0.2, 0) is 0 Å². The van der Waals surface area contributed by atoms with Crippen LogP contribution in [0.2, 0.25) is 5.15 Å². The number of nitrogens with one attached hydrogen (secondary N) is 1. The highest BCUT2D eigenvalue weighted by atomic mass is 35.5. The summed E-state index contributed by atoms with van der Waals surface area (Å²) in [5.74, 6) is 1.19. The Kier molecular flexibility index (Phi) is 3.04. The lowest BCUT2D eigenvalue weighted by atomic mass is 9.66. The fraction of sp³-hybridized carbons (Fsp3) is 0.500. The summed E-state index contributed by atoms with van der Waals surface area (Å²) in [5.41, 5.74) is 2.13. The molecule has 1 fully saturated rings. The van der Waals surface area contributed by atoms with E-state index in [1.807, 2.05) is 25.2 Å². The number of nitrogens with zero attached hydrogens (tertiary/aromatic N) is 2. The molecule has 4 heteroatoms. The van der Waals surface area contributed by atoms with Crippen LogP contribution in [0.15, 0.2) is 24.4 Å². The Labute approximate surface area is 112 Å². The molecule has 3 atom stereocenters. The molecule has 0 aliphatic heterocycles. The number of hydrogen-bond donors (Lipinski definition) is 1. The molecule has 2 aromatic heterocycles. The molecule has 0 saturated heterocycles. The van der Waals surface area contributed by atoms with Crippen molar-refractivity contribution in [1.29, 1.82) is 0 Å². The summed E-state index contributed by atoms with van der Waals surface area (Å²) >= 11 is 6.34. The van der Waals surface area contributed by atoms with Crippen LogP contribution in [0.3, 0.4) is 0 Å². The largest absolute Gasteiger partial charge is 0.317 e. The molecular weight excluding hydrogens is 246 g/mol. The van der Waals surface area contributed by atoms with Gasteiger partial charge in [-0.25, -0.2) is 4.98 Å². The number of aromatic nitrogens is 2. The molecule has 0 radical (unpaired) electrons. The third kappa shape index (κ3) is 1.65. The fourth-order valence-electron chi connectivity index (χ4n) is 3.24. The van der Waals surface area contributed by atoms with Gasteiger partial charge in [-0.1, -0.05) is 31.0 Å². The van der Waals surface area contributed by atoms with Gasteiger partial charge in [-0.2, -0.15) is 0 Å². The molecule has 1 saturated carbocycles. The van der Waals surface area contributed by atoms with E-state index in [1.54, 1.807) is 0 Å². The van der Waals surface area contributed by atoms with Crippen molar-refractivity contribution in [3.8, 4) is 0 Å². The molecule has 0 amide bonds. The first-order valence-corrected chi connectivity index (χ1v) is 6.93. The lowest BCUT2D eigenvalue weighted by Crippen LogP contribution is -2.47. The van der Waals surface area contributed by atoms with E-state index in [2.05, 4.69) is 27.8 Å². The SMILES string of the molecule is CCC1C(NC)CC1c1c(Cl)nc2ccccn12. The predicted molar refractivity (Wildman–Crippen MR) is 74.2 cm³/mol. The van der Waals surface area contributed by atoms with Crippen molar-refractivity contribution in [1.82, 2.24) is 14.7 Å². The molecule has 0 bridgehead atoms. The van der Waals surface area contributed by atoms with Crippen LogP contribution >= 0.6 is 11.6 Å². The molecule has 18 heavy (non-hydrogen) atoms. The number of rotatable bonds is 3. The second-order valence-electron chi connectivity index (χ2n) is 5.03. The topological polar surface area (TPSA) is 29.3 Å². The zero-order valence-electron chi connectivity index (χ0n) is 10.7. The maximum absolute atomic E-state index is 6.34. The van der Waals surface area contributed by atoms with Gasteiger partial charge in [-0.15, -0.1) is 0 Å². The lowest BCUT2D eigenvalue weighted by molar-refractivity contribution is 0.165. The van der Waals surface area contributed by atoms with Gasteiger partial charge in [0.25, 0.3) is 0 Å². The minimum Gasteiger partial charge on any atom is -0.317 e. The summed E-state index contributed by atoms with van der Waals surface area (Å²) in [6.07, 6.45) is 4.38. The van der Waals surface area contributed by atoms with Gasteiger partial charge in [0.15, 0.2) is 5.15 Å². The first kappa shape index (κ1) is 12.0. The van der Waals surface area contributed by atoms with E-state index in [-0.39, 0.29) is 0 Å². The van der Waals surface area contributed by atoms with E-state index in [9.17, 15) is 0 Å². The average molecular weight is 264 g/mol. The normalized spacial score (nSPS) is 27.4. The van der Waals surface area contributed by atoms with Gasteiger partial charge < -0.3 is 9.72 Å². The highest BCUT2D eigenvalue weighted by molar-refractivity contribution is 6.30. The van der Waals surface area contributed by atoms with Crippen molar-refractivity contribution in [2.75, 3.05) is 7.05 Å². The van der Waals surface area contributed by atoms with Crippen LogP contribution in [0, 0.1) is 5.92 Å². The standard InChI is InChI=1S/C14H18ClN3/c1-3-9-10(8-11(9)16-2)13-14(15)17-12-6-4-5-7-18(12)13/h4-7,9-11,16H,3,8H2,1-2H3. The fourth-order valence-corrected chi connectivity index (χ4v) is 3.56. The predicted octanol–water partition coefficient (Wildman–Crippen LogP) is 3.09. The summed E-state index contributed by atoms with van der Waals surface area (Å²) in [6, 6.07) is 6.65. The zero-order valence-corrected chi connectivity index (χ0v) is 11.5. The van der Waals surface area contributed by atoms with Crippen LogP contribution in [0.25, 0.3) is 5.65 Å². The molecular formula is C14H18ClN3. The molecule has 0 spiro atoms. The van der Waals surface area contributed by atoms with E-state index >= 15 is 0 Å². The maximum atomic E-state index is 6.34. The summed E-state index contributed by atoms with van der Waals surface area (Å²) in [4.78, 5) is 4.44. The van der Waals surface area contributed by atoms with Gasteiger partial charge in [-0.05, 0) is 31.5 Å². The third-order valence-electron chi connectivity index (χ3n) is 4.26. The van der Waals surface area contributed by atoms with Crippen LogP contribution in [-0.4, -0.2) is 22.5 Å². The highest BCUT2D eigenvalue weighted by Gasteiger charge is 2.42. The molecule has 3 nitrogen and oxygen atoms in total. The molecule has 1 aliphatic carbocycles. The van der Waals surface area contributed by atoms with Crippen molar-refractivity contribution >= 4 is 17.2 Å². The van der Waals surface area contributed by atoms with E-state index < -0.39 is 0 Å². The molecule has 0 aromatic carbocycles. The zero-order chi connectivity index (χ0) is 12.7. The average Bonchev–Trinajstić information content (AvgIpc) is 2.66. The molecule has 3 unspecified atom stereocenters. The van der Waals surface area contributed by atoms with E-state index in [1.165, 1.54) is 12.1 Å². The Morgan fingerprint density at radius 1 is 1.50 bits per heavy atom. The molecule has 2 heterocycles. The van der Waals surface area contributed by atoms with Crippen molar-refractivity contribution in [2.24, 2.45) is 5.92 Å². The summed E-state index contributed by atoms with van der Waals surface area (Å²) in [7, 11) is 2.04. The number of fused-ring (bicyclic) bond motifs is 1. The monoisotopic (exact) mass is 263 g/mol. The third-order valence-corrected chi connectivity index (χ3v) is 4.54. The van der Waals surface area contributed by atoms with E-state index in [0.717, 1.165) is 12.1 Å². The van der Waals surface area contributed by atoms with Gasteiger partial charge >= 0.3 is 0 Å². The Morgan fingerprint density at radius 2 is 2.33 bits per heavy atom. The summed E-state index contributed by atoms with van der Waals surface area (Å²) in [6.45, 7) is 2.25. The second kappa shape index (κ2) is 4.56. The van der Waals surface area contributed by atoms with Crippen molar-refractivity contribution in [3.63, 3.8) is 0 Å². The first-order chi connectivity index (χ1) is 8.76. The summed E-state index contributed by atoms with van der Waals surface area (Å²) < 4.78 is 2.14. The Hall–Kier alpha value is -1.06. The number of pyridine rings is 1. The van der Waals surface area contributed by atoms with Crippen molar-refractivity contribution < 1.29 is 0 Å². The van der Waals surface area contributed by atoms with Gasteiger partial charge in [-0.3, -0.25) is 0 Å². The lowest BCUT2D eigenvalue weighted by Gasteiger charge is -2.44. The number of halogens is 1. The number of imidazole rings is 1. The highest BCUT2D eigenvalue weighted by Crippen LogP contribution is 2.46. The summed E-state index contributed by atoms with van der Waals surface area (Å²) in [5, 5.41) is 4.06. The Balaban J connectivity index is 2.02. The van der Waals surface area contributed by atoms with Crippen LogP contribution < -0.4 is 5.32 Å². The van der Waals surface area contributed by atoms with Gasteiger partial charge in [0, 0.05) is 18.2 Å². The smallest absolute Gasteiger partial charge is 0.151 e. The maximum Gasteiger partial charge on any atom is 0.151 e. The molecule has 96 valence electrons. The van der Waals surface area contributed by atoms with Crippen molar-refractivity contribution in [2.45, 2.75) is 31.7 Å². The molecule has 1 N–H and O–H groups in total. The van der Waals surface area contributed by atoms with Gasteiger partial charge in [0.1, 0.15) is 5.65 Å². The van der Waals surface area contributed by atoms with Gasteiger partial charge in [0.2, 0.25) is 0 Å². The molecule has 1 aliphatic rings. The number of hydrogen-bond acceptors (Lipinski definition) is 2. The first-order valence-electron chi connectivity index (χ1n) is 6.56. The quantitative estimate of drug-likeness (QED) is 0.922. The minimum atomic E-state index is 0.525. The minimum absolute atomic E-state index is 0.525.